The lowest BCUT2D eigenvalue weighted by Gasteiger charge is -2.11. The fraction of sp³-hybridized carbons (Fsp3) is 0.154. The number of aromatic nitrogens is 6. The Morgan fingerprint density at radius 1 is 1.03 bits per heavy atom. The van der Waals surface area contributed by atoms with Crippen molar-refractivity contribution in [2.75, 3.05) is 5.32 Å². The number of benzene rings is 1. The third-order valence-electron chi connectivity index (χ3n) is 5.75. The van der Waals surface area contributed by atoms with Crippen molar-refractivity contribution in [2.45, 2.75) is 26.8 Å². The van der Waals surface area contributed by atoms with Gasteiger partial charge in [0.2, 0.25) is 0 Å². The van der Waals surface area contributed by atoms with E-state index in [9.17, 15) is 0 Å². The maximum absolute atomic E-state index is 15.1. The molecule has 3 N–H and O–H groups in total. The molecule has 0 unspecified atom stereocenters. The molecule has 0 aliphatic carbocycles. The second-order valence-corrected chi connectivity index (χ2v) is 10.1. The Balaban J connectivity index is 1.48. The van der Waals surface area contributed by atoms with Gasteiger partial charge in [-0.05, 0) is 62.7 Å². The molecular formula is C26H22FN7S. The Morgan fingerprint density at radius 3 is 2.71 bits per heavy atom. The third kappa shape index (κ3) is 3.83. The van der Waals surface area contributed by atoms with Gasteiger partial charge in [0, 0.05) is 40.5 Å². The lowest BCUT2D eigenvalue weighted by atomic mass is 10.0. The summed E-state index contributed by atoms with van der Waals surface area (Å²) in [5.41, 5.74) is 5.73. The van der Waals surface area contributed by atoms with E-state index in [4.69, 9.17) is 4.98 Å². The van der Waals surface area contributed by atoms with E-state index in [1.807, 2.05) is 18.2 Å². The standard InChI is InChI=1S/C26H22FN7S/c1-13(2)30-17-8-16(11-28-12-17)15-9-18-22(19(27)10-15)33-34-23(18)26-31-20-6-7-29-25(24(20)32-26)21-5-4-14(3)35-21/h4-13,30H,1-3H3,(H,31,32)(H,33,34). The number of anilines is 1. The van der Waals surface area contributed by atoms with E-state index in [0.717, 1.165) is 32.9 Å². The number of imidazole rings is 1. The summed E-state index contributed by atoms with van der Waals surface area (Å²) in [6.45, 7) is 6.19. The van der Waals surface area contributed by atoms with Gasteiger partial charge in [-0.1, -0.05) is 0 Å². The number of aromatic amines is 2. The van der Waals surface area contributed by atoms with E-state index in [-0.39, 0.29) is 11.6 Å². The number of rotatable bonds is 5. The molecule has 0 amide bonds. The highest BCUT2D eigenvalue weighted by Gasteiger charge is 2.19. The van der Waals surface area contributed by atoms with Crippen LogP contribution in [0.3, 0.4) is 0 Å². The number of nitrogens with zero attached hydrogens (tertiary/aromatic N) is 4. The molecule has 5 heterocycles. The molecular weight excluding hydrogens is 461 g/mol. The average Bonchev–Trinajstić information content (AvgIpc) is 3.56. The normalized spacial score (nSPS) is 11.7. The molecule has 0 radical (unpaired) electrons. The minimum absolute atomic E-state index is 0.261. The van der Waals surface area contributed by atoms with Crippen LogP contribution in [0.15, 0.2) is 55.0 Å². The molecule has 1 aromatic carbocycles. The predicted molar refractivity (Wildman–Crippen MR) is 139 cm³/mol. The number of thiophene rings is 1. The van der Waals surface area contributed by atoms with Crippen LogP contribution >= 0.6 is 11.3 Å². The molecule has 0 saturated carbocycles. The van der Waals surface area contributed by atoms with Gasteiger partial charge in [-0.3, -0.25) is 15.1 Å². The van der Waals surface area contributed by atoms with Crippen molar-refractivity contribution >= 4 is 39.0 Å². The average molecular weight is 484 g/mol. The Hall–Kier alpha value is -4.11. The summed E-state index contributed by atoms with van der Waals surface area (Å²) in [7, 11) is 0. The van der Waals surface area contributed by atoms with Crippen LogP contribution in [0.4, 0.5) is 10.1 Å². The zero-order valence-corrected chi connectivity index (χ0v) is 20.2. The smallest absolute Gasteiger partial charge is 0.157 e. The van der Waals surface area contributed by atoms with Crippen LogP contribution in [0.25, 0.3) is 55.2 Å². The second kappa shape index (κ2) is 8.28. The first kappa shape index (κ1) is 21.4. The highest BCUT2D eigenvalue weighted by atomic mass is 32.1. The zero-order chi connectivity index (χ0) is 24.1. The van der Waals surface area contributed by atoms with E-state index in [1.54, 1.807) is 29.9 Å². The van der Waals surface area contributed by atoms with Gasteiger partial charge in [0.25, 0.3) is 0 Å². The molecule has 7 nitrogen and oxygen atoms in total. The van der Waals surface area contributed by atoms with E-state index in [0.29, 0.717) is 22.5 Å². The second-order valence-electron chi connectivity index (χ2n) is 8.77. The maximum atomic E-state index is 15.1. The van der Waals surface area contributed by atoms with Gasteiger partial charge in [-0.2, -0.15) is 5.10 Å². The van der Waals surface area contributed by atoms with Crippen LogP contribution in [0, 0.1) is 12.7 Å². The van der Waals surface area contributed by atoms with Gasteiger partial charge in [0.15, 0.2) is 11.6 Å². The summed E-state index contributed by atoms with van der Waals surface area (Å²) in [5, 5.41) is 11.2. The number of pyridine rings is 2. The first-order valence-electron chi connectivity index (χ1n) is 11.3. The Bertz CT molecular complexity index is 1700. The highest BCUT2D eigenvalue weighted by molar-refractivity contribution is 7.15. The Kier molecular flexibility index (Phi) is 5.07. The van der Waals surface area contributed by atoms with Crippen LogP contribution in [-0.2, 0) is 0 Å². The van der Waals surface area contributed by atoms with Crippen molar-refractivity contribution in [3.8, 4) is 33.2 Å². The Morgan fingerprint density at radius 2 is 1.91 bits per heavy atom. The molecule has 0 aliphatic rings. The minimum atomic E-state index is -0.408. The molecule has 0 fully saturated rings. The van der Waals surface area contributed by atoms with E-state index in [2.05, 4.69) is 63.4 Å². The molecule has 5 aromatic heterocycles. The van der Waals surface area contributed by atoms with Gasteiger partial charge >= 0.3 is 0 Å². The number of halogens is 1. The third-order valence-corrected chi connectivity index (χ3v) is 6.76. The van der Waals surface area contributed by atoms with Gasteiger partial charge in [-0.15, -0.1) is 11.3 Å². The van der Waals surface area contributed by atoms with Crippen molar-refractivity contribution in [1.82, 2.24) is 30.1 Å². The molecule has 0 bridgehead atoms. The van der Waals surface area contributed by atoms with Crippen LogP contribution in [0.2, 0.25) is 0 Å². The zero-order valence-electron chi connectivity index (χ0n) is 19.3. The lowest BCUT2D eigenvalue weighted by molar-refractivity contribution is 0.636. The molecule has 6 aromatic rings. The molecule has 6 rings (SSSR count). The lowest BCUT2D eigenvalue weighted by Crippen LogP contribution is -2.09. The topological polar surface area (TPSA) is 95.2 Å². The van der Waals surface area contributed by atoms with Gasteiger partial charge < -0.3 is 10.3 Å². The molecule has 0 spiro atoms. The van der Waals surface area contributed by atoms with Gasteiger partial charge in [0.05, 0.1) is 16.1 Å². The molecule has 35 heavy (non-hydrogen) atoms. The maximum Gasteiger partial charge on any atom is 0.157 e. The van der Waals surface area contributed by atoms with E-state index >= 15 is 4.39 Å². The van der Waals surface area contributed by atoms with Crippen LogP contribution < -0.4 is 5.32 Å². The van der Waals surface area contributed by atoms with Crippen molar-refractivity contribution in [3.63, 3.8) is 0 Å². The number of fused-ring (bicyclic) bond motifs is 2. The van der Waals surface area contributed by atoms with Crippen molar-refractivity contribution in [1.29, 1.82) is 0 Å². The summed E-state index contributed by atoms with van der Waals surface area (Å²) >= 11 is 1.67. The largest absolute Gasteiger partial charge is 0.382 e. The van der Waals surface area contributed by atoms with Crippen molar-refractivity contribution < 1.29 is 4.39 Å². The quantitative estimate of drug-likeness (QED) is 0.258. The van der Waals surface area contributed by atoms with E-state index < -0.39 is 5.82 Å². The Labute approximate surface area is 204 Å². The van der Waals surface area contributed by atoms with Gasteiger partial charge in [0.1, 0.15) is 22.4 Å². The van der Waals surface area contributed by atoms with Crippen LogP contribution in [-0.4, -0.2) is 36.2 Å². The number of hydrogen-bond acceptors (Lipinski definition) is 6. The fourth-order valence-electron chi connectivity index (χ4n) is 4.23. The summed E-state index contributed by atoms with van der Waals surface area (Å²) in [5.74, 6) is 0.171. The summed E-state index contributed by atoms with van der Waals surface area (Å²) in [6.07, 6.45) is 5.26. The van der Waals surface area contributed by atoms with E-state index in [1.165, 1.54) is 10.9 Å². The van der Waals surface area contributed by atoms with Gasteiger partial charge in [-0.25, -0.2) is 9.37 Å². The molecule has 174 valence electrons. The van der Waals surface area contributed by atoms with Crippen LogP contribution in [0.1, 0.15) is 18.7 Å². The molecule has 0 atom stereocenters. The predicted octanol–water partition coefficient (Wildman–Crippen LogP) is 6.56. The fourth-order valence-corrected chi connectivity index (χ4v) is 5.09. The minimum Gasteiger partial charge on any atom is -0.382 e. The monoisotopic (exact) mass is 483 g/mol. The number of hydrogen-bond donors (Lipinski definition) is 3. The summed E-state index contributed by atoms with van der Waals surface area (Å²) < 4.78 is 15.1. The first-order chi connectivity index (χ1) is 17.0. The number of aryl methyl sites for hydroxylation is 1. The van der Waals surface area contributed by atoms with Crippen molar-refractivity contribution in [2.24, 2.45) is 0 Å². The SMILES string of the molecule is Cc1ccc(-c2nccc3[nH]c(-c4[nH]nc5c(F)cc(-c6cncc(NC(C)C)c6)cc45)nc23)s1. The highest BCUT2D eigenvalue weighted by Crippen LogP contribution is 2.35. The van der Waals surface area contributed by atoms with Crippen molar-refractivity contribution in [3.05, 3.63) is 65.7 Å². The summed E-state index contributed by atoms with van der Waals surface area (Å²) in [4.78, 5) is 19.4. The van der Waals surface area contributed by atoms with Crippen LogP contribution in [0.5, 0.6) is 0 Å². The molecule has 0 aliphatic heterocycles. The molecule has 0 saturated heterocycles. The first-order valence-corrected chi connectivity index (χ1v) is 12.1. The summed E-state index contributed by atoms with van der Waals surface area (Å²) in [6, 6.07) is 11.7. The number of H-pyrrole nitrogens is 2. The molecule has 9 heteroatoms. The number of nitrogens with one attached hydrogen (secondary N) is 3.